The summed E-state index contributed by atoms with van der Waals surface area (Å²) in [6.07, 6.45) is 1.85. The van der Waals surface area contributed by atoms with Gasteiger partial charge in [0.15, 0.2) is 0 Å². The number of benzene rings is 1. The van der Waals surface area contributed by atoms with E-state index in [4.69, 9.17) is 15.2 Å². The first-order chi connectivity index (χ1) is 9.04. The predicted molar refractivity (Wildman–Crippen MR) is 82.8 cm³/mol. The smallest absolute Gasteiger partial charge is 0.125 e. The zero-order valence-corrected chi connectivity index (χ0v) is 13.6. The Labute approximate surface area is 124 Å². The van der Waals surface area contributed by atoms with Gasteiger partial charge in [-0.15, -0.1) is 0 Å². The molecule has 1 aromatic rings. The van der Waals surface area contributed by atoms with E-state index in [-0.39, 0.29) is 6.04 Å². The monoisotopic (exact) mass is 329 g/mol. The molecule has 0 aromatic heterocycles. The van der Waals surface area contributed by atoms with Gasteiger partial charge >= 0.3 is 0 Å². The number of halogens is 1. The first kappa shape index (κ1) is 16.5. The topological polar surface area (TPSA) is 44.5 Å². The maximum absolute atomic E-state index is 5.89. The van der Waals surface area contributed by atoms with Crippen LogP contribution in [0.25, 0.3) is 0 Å². The zero-order chi connectivity index (χ0) is 14.3. The van der Waals surface area contributed by atoms with Crippen LogP contribution in [0.1, 0.15) is 31.4 Å². The van der Waals surface area contributed by atoms with E-state index in [0.29, 0.717) is 13.2 Å². The number of nitrogens with two attached hydrogens (primary N) is 1. The van der Waals surface area contributed by atoms with Crippen molar-refractivity contribution in [2.24, 2.45) is 5.73 Å². The third-order valence-electron chi connectivity index (χ3n) is 2.68. The number of aryl methyl sites for hydroxylation is 1. The van der Waals surface area contributed by atoms with E-state index < -0.39 is 0 Å². The van der Waals surface area contributed by atoms with E-state index in [0.717, 1.165) is 40.8 Å². The maximum Gasteiger partial charge on any atom is 0.125 e. The van der Waals surface area contributed by atoms with Crippen LogP contribution >= 0.6 is 15.9 Å². The van der Waals surface area contributed by atoms with Crippen LogP contribution in [0.5, 0.6) is 5.75 Å². The van der Waals surface area contributed by atoms with E-state index in [1.807, 2.05) is 6.92 Å². The fourth-order valence-electron chi connectivity index (χ4n) is 1.95. The Bertz CT molecular complexity index is 394. The van der Waals surface area contributed by atoms with Crippen molar-refractivity contribution in [1.29, 1.82) is 0 Å². The molecule has 1 rings (SSSR count). The lowest BCUT2D eigenvalue weighted by atomic mass is 10.0. The molecule has 0 heterocycles. The van der Waals surface area contributed by atoms with Gasteiger partial charge in [-0.1, -0.05) is 22.9 Å². The average molecular weight is 330 g/mol. The van der Waals surface area contributed by atoms with Crippen LogP contribution in [0.4, 0.5) is 0 Å². The van der Waals surface area contributed by atoms with Crippen LogP contribution in [-0.2, 0) is 11.2 Å². The molecular weight excluding hydrogens is 306 g/mol. The van der Waals surface area contributed by atoms with Gasteiger partial charge in [0, 0.05) is 17.1 Å². The van der Waals surface area contributed by atoms with Crippen LogP contribution in [0.2, 0.25) is 0 Å². The van der Waals surface area contributed by atoms with Gasteiger partial charge in [0.1, 0.15) is 12.4 Å². The lowest BCUT2D eigenvalue weighted by molar-refractivity contribution is 0.1000. The molecule has 2 N–H and O–H groups in total. The van der Waals surface area contributed by atoms with Crippen molar-refractivity contribution >= 4 is 15.9 Å². The maximum atomic E-state index is 5.89. The molecule has 0 spiro atoms. The van der Waals surface area contributed by atoms with Gasteiger partial charge in [0.25, 0.3) is 0 Å². The number of hydrogen-bond donors (Lipinski definition) is 1. The first-order valence-electron chi connectivity index (χ1n) is 6.79. The third kappa shape index (κ3) is 5.93. The van der Waals surface area contributed by atoms with Gasteiger partial charge in [-0.3, -0.25) is 0 Å². The molecule has 19 heavy (non-hydrogen) atoms. The van der Waals surface area contributed by atoms with Gasteiger partial charge in [-0.2, -0.15) is 0 Å². The van der Waals surface area contributed by atoms with Crippen LogP contribution in [0, 0.1) is 6.92 Å². The zero-order valence-electron chi connectivity index (χ0n) is 12.0. The van der Waals surface area contributed by atoms with Crippen molar-refractivity contribution in [3.05, 3.63) is 27.7 Å². The Balaban J connectivity index is 2.68. The summed E-state index contributed by atoms with van der Waals surface area (Å²) in [6.45, 7) is 8.15. The molecule has 1 aromatic carbocycles. The largest absolute Gasteiger partial charge is 0.491 e. The molecule has 3 nitrogen and oxygen atoms in total. The Hall–Kier alpha value is -0.580. The van der Waals surface area contributed by atoms with E-state index in [9.17, 15) is 0 Å². The molecule has 0 fully saturated rings. The Morgan fingerprint density at radius 3 is 2.63 bits per heavy atom. The van der Waals surface area contributed by atoms with Crippen molar-refractivity contribution in [2.45, 2.75) is 39.7 Å². The number of ether oxygens (including phenoxy) is 2. The van der Waals surface area contributed by atoms with Crippen LogP contribution in [-0.4, -0.2) is 25.9 Å². The fourth-order valence-corrected chi connectivity index (χ4v) is 2.57. The van der Waals surface area contributed by atoms with Crippen LogP contribution in [0.15, 0.2) is 16.6 Å². The van der Waals surface area contributed by atoms with E-state index in [1.165, 1.54) is 0 Å². The van der Waals surface area contributed by atoms with Crippen molar-refractivity contribution in [1.82, 2.24) is 0 Å². The van der Waals surface area contributed by atoms with Crippen molar-refractivity contribution in [3.63, 3.8) is 0 Å². The molecule has 0 saturated carbocycles. The molecule has 1 unspecified atom stereocenters. The fraction of sp³-hybridized carbons (Fsp3) is 0.600. The van der Waals surface area contributed by atoms with Gasteiger partial charge in [-0.05, 0) is 49.9 Å². The molecular formula is C15H24BrNO2. The minimum absolute atomic E-state index is 0.118. The molecule has 0 aliphatic heterocycles. The summed E-state index contributed by atoms with van der Waals surface area (Å²) in [4.78, 5) is 0. The lowest BCUT2D eigenvalue weighted by Crippen LogP contribution is -2.19. The minimum Gasteiger partial charge on any atom is -0.491 e. The molecule has 4 heteroatoms. The SMILES string of the molecule is CCCOCCOc1c(C)cc(Br)cc1CC(C)N. The summed E-state index contributed by atoms with van der Waals surface area (Å²) in [5.41, 5.74) is 8.17. The van der Waals surface area contributed by atoms with Gasteiger partial charge in [0.05, 0.1) is 6.61 Å². The van der Waals surface area contributed by atoms with Gasteiger partial charge < -0.3 is 15.2 Å². The van der Waals surface area contributed by atoms with Gasteiger partial charge in [0.2, 0.25) is 0 Å². The average Bonchev–Trinajstić information content (AvgIpc) is 2.30. The highest BCUT2D eigenvalue weighted by Gasteiger charge is 2.10. The van der Waals surface area contributed by atoms with Crippen LogP contribution < -0.4 is 10.5 Å². The standard InChI is InChI=1S/C15H24BrNO2/c1-4-5-18-6-7-19-15-11(2)8-14(16)10-13(15)9-12(3)17/h8,10,12H,4-7,9,17H2,1-3H3. The number of rotatable bonds is 8. The molecule has 0 saturated heterocycles. The second kappa shape index (κ2) is 8.56. The summed E-state index contributed by atoms with van der Waals surface area (Å²) < 4.78 is 12.4. The summed E-state index contributed by atoms with van der Waals surface area (Å²) >= 11 is 3.52. The second-order valence-corrected chi connectivity index (χ2v) is 5.77. The lowest BCUT2D eigenvalue weighted by Gasteiger charge is -2.16. The van der Waals surface area contributed by atoms with Gasteiger partial charge in [-0.25, -0.2) is 0 Å². The Morgan fingerprint density at radius 2 is 2.00 bits per heavy atom. The normalized spacial score (nSPS) is 12.5. The quantitative estimate of drug-likeness (QED) is 0.743. The minimum atomic E-state index is 0.118. The van der Waals surface area contributed by atoms with E-state index in [2.05, 4.69) is 41.9 Å². The molecule has 0 aliphatic rings. The molecule has 0 radical (unpaired) electrons. The summed E-state index contributed by atoms with van der Waals surface area (Å²) in [6, 6.07) is 4.26. The molecule has 1 atom stereocenters. The Kier molecular flexibility index (Phi) is 7.42. The first-order valence-corrected chi connectivity index (χ1v) is 7.59. The molecule has 0 aliphatic carbocycles. The van der Waals surface area contributed by atoms with Crippen molar-refractivity contribution in [2.75, 3.05) is 19.8 Å². The van der Waals surface area contributed by atoms with Crippen molar-refractivity contribution < 1.29 is 9.47 Å². The second-order valence-electron chi connectivity index (χ2n) is 4.85. The highest BCUT2D eigenvalue weighted by Crippen LogP contribution is 2.29. The Morgan fingerprint density at radius 1 is 1.26 bits per heavy atom. The predicted octanol–water partition coefficient (Wildman–Crippen LogP) is 3.45. The van der Waals surface area contributed by atoms with E-state index >= 15 is 0 Å². The number of hydrogen-bond acceptors (Lipinski definition) is 3. The van der Waals surface area contributed by atoms with Crippen LogP contribution in [0.3, 0.4) is 0 Å². The summed E-state index contributed by atoms with van der Waals surface area (Å²) in [5.74, 6) is 0.945. The van der Waals surface area contributed by atoms with Crippen molar-refractivity contribution in [3.8, 4) is 5.75 Å². The highest BCUT2D eigenvalue weighted by molar-refractivity contribution is 9.10. The molecule has 0 amide bonds. The summed E-state index contributed by atoms with van der Waals surface area (Å²) in [5, 5.41) is 0. The third-order valence-corrected chi connectivity index (χ3v) is 3.14. The summed E-state index contributed by atoms with van der Waals surface area (Å²) in [7, 11) is 0. The van der Waals surface area contributed by atoms with E-state index in [1.54, 1.807) is 0 Å². The molecule has 108 valence electrons. The molecule has 0 bridgehead atoms. The highest BCUT2D eigenvalue weighted by atomic mass is 79.9.